The lowest BCUT2D eigenvalue weighted by Gasteiger charge is -2.30. The summed E-state index contributed by atoms with van der Waals surface area (Å²) in [5, 5.41) is 10.2. The molecule has 0 heterocycles. The molecule has 0 radical (unpaired) electrons. The lowest BCUT2D eigenvalue weighted by molar-refractivity contribution is -0.113. The molecule has 2 nitrogen and oxygen atoms in total. The Labute approximate surface area is 105 Å². The summed E-state index contributed by atoms with van der Waals surface area (Å²) in [7, 11) is 0. The van der Waals surface area contributed by atoms with Crippen LogP contribution in [0.25, 0.3) is 0 Å². The number of hydrogen-bond acceptors (Lipinski definition) is 2. The lowest BCUT2D eigenvalue weighted by atomic mass is 10.0. The first-order chi connectivity index (χ1) is 7.85. The fourth-order valence-electron chi connectivity index (χ4n) is 1.69. The summed E-state index contributed by atoms with van der Waals surface area (Å²) in [4.78, 5) is 0. The highest BCUT2D eigenvalue weighted by Gasteiger charge is 2.24. The summed E-state index contributed by atoms with van der Waals surface area (Å²) in [5.41, 5.74) is 1.92. The number of rotatable bonds is 5. The maximum Gasteiger partial charge on any atom is 0.105 e. The lowest BCUT2D eigenvalue weighted by Crippen LogP contribution is -2.31. The summed E-state index contributed by atoms with van der Waals surface area (Å²) in [5.74, 6) is 0. The molecule has 2 unspecified atom stereocenters. The molecular formula is C15H24O2. The second-order valence-corrected chi connectivity index (χ2v) is 5.29. The van der Waals surface area contributed by atoms with Gasteiger partial charge >= 0.3 is 0 Å². The van der Waals surface area contributed by atoms with Crippen molar-refractivity contribution >= 4 is 0 Å². The molecular weight excluding hydrogens is 212 g/mol. The van der Waals surface area contributed by atoms with Gasteiger partial charge in [0.05, 0.1) is 11.7 Å². The van der Waals surface area contributed by atoms with E-state index in [-0.39, 0.29) is 11.7 Å². The van der Waals surface area contributed by atoms with Crippen LogP contribution in [0.2, 0.25) is 0 Å². The molecule has 0 aliphatic carbocycles. The zero-order valence-corrected chi connectivity index (χ0v) is 11.5. The van der Waals surface area contributed by atoms with Crippen molar-refractivity contribution in [2.24, 2.45) is 0 Å². The normalized spacial score (nSPS) is 15.6. The molecule has 96 valence electrons. The summed E-state index contributed by atoms with van der Waals surface area (Å²) >= 11 is 0. The summed E-state index contributed by atoms with van der Waals surface area (Å²) in [6, 6.07) is 7.93. The zero-order chi connectivity index (χ0) is 13.1. The predicted octanol–water partition coefficient (Wildman–Crippen LogP) is 3.62. The van der Waals surface area contributed by atoms with Crippen LogP contribution in [0.1, 0.15) is 51.3 Å². The number of benzene rings is 1. The zero-order valence-electron chi connectivity index (χ0n) is 11.5. The Morgan fingerprint density at radius 2 is 1.76 bits per heavy atom. The van der Waals surface area contributed by atoms with Gasteiger partial charge in [-0.2, -0.15) is 0 Å². The Kier molecular flexibility index (Phi) is 4.72. The largest absolute Gasteiger partial charge is 0.386 e. The van der Waals surface area contributed by atoms with E-state index in [2.05, 4.69) is 6.92 Å². The fourth-order valence-corrected chi connectivity index (χ4v) is 1.69. The summed E-state index contributed by atoms with van der Waals surface area (Å²) in [6.45, 7) is 10.1. The van der Waals surface area contributed by atoms with E-state index in [0.29, 0.717) is 0 Å². The minimum atomic E-state index is -0.568. The van der Waals surface area contributed by atoms with Crippen LogP contribution in [0, 0.1) is 6.92 Å². The Balaban J connectivity index is 2.69. The smallest absolute Gasteiger partial charge is 0.105 e. The molecule has 0 bridgehead atoms. The Hall–Kier alpha value is -0.860. The van der Waals surface area contributed by atoms with E-state index < -0.39 is 6.10 Å². The standard InChI is InChI=1S/C15H24O2/c1-6-15(4,5)17-12(3)14(16)13-9-7-11(2)8-10-13/h7-10,12,14,16H,6H2,1-5H3. The highest BCUT2D eigenvalue weighted by molar-refractivity contribution is 5.23. The third-order valence-corrected chi connectivity index (χ3v) is 3.22. The number of hydrogen-bond donors (Lipinski definition) is 1. The van der Waals surface area contributed by atoms with Crippen molar-refractivity contribution in [2.45, 2.75) is 58.8 Å². The van der Waals surface area contributed by atoms with E-state index in [1.807, 2.05) is 52.0 Å². The quantitative estimate of drug-likeness (QED) is 0.846. The van der Waals surface area contributed by atoms with Gasteiger partial charge in [0.1, 0.15) is 6.10 Å². The first kappa shape index (κ1) is 14.2. The third kappa shape index (κ3) is 4.14. The number of aryl methyl sites for hydroxylation is 1. The van der Waals surface area contributed by atoms with Crippen LogP contribution in [-0.4, -0.2) is 16.8 Å². The van der Waals surface area contributed by atoms with Crippen molar-refractivity contribution in [1.29, 1.82) is 0 Å². The number of aliphatic hydroxyl groups excluding tert-OH is 1. The molecule has 0 fully saturated rings. The van der Waals surface area contributed by atoms with Gasteiger partial charge in [-0.3, -0.25) is 0 Å². The highest BCUT2D eigenvalue weighted by Crippen LogP contribution is 2.25. The Morgan fingerprint density at radius 1 is 1.24 bits per heavy atom. The molecule has 17 heavy (non-hydrogen) atoms. The van der Waals surface area contributed by atoms with Crippen LogP contribution < -0.4 is 0 Å². The number of aliphatic hydroxyl groups is 1. The van der Waals surface area contributed by atoms with E-state index in [4.69, 9.17) is 4.74 Å². The van der Waals surface area contributed by atoms with Crippen molar-refractivity contribution in [2.75, 3.05) is 0 Å². The minimum absolute atomic E-state index is 0.189. The molecule has 1 aromatic carbocycles. The van der Waals surface area contributed by atoms with Crippen molar-refractivity contribution in [3.05, 3.63) is 35.4 Å². The second-order valence-electron chi connectivity index (χ2n) is 5.29. The van der Waals surface area contributed by atoms with Crippen LogP contribution in [0.3, 0.4) is 0 Å². The third-order valence-electron chi connectivity index (χ3n) is 3.22. The molecule has 2 heteroatoms. The van der Waals surface area contributed by atoms with Crippen LogP contribution in [0.4, 0.5) is 0 Å². The van der Waals surface area contributed by atoms with Crippen LogP contribution >= 0.6 is 0 Å². The summed E-state index contributed by atoms with van der Waals surface area (Å²) in [6.07, 6.45) is 0.159. The average Bonchev–Trinajstić information content (AvgIpc) is 2.28. The topological polar surface area (TPSA) is 29.5 Å². The summed E-state index contributed by atoms with van der Waals surface area (Å²) < 4.78 is 5.88. The SMILES string of the molecule is CCC(C)(C)OC(C)C(O)c1ccc(C)cc1. The molecule has 0 aliphatic heterocycles. The molecule has 0 saturated heterocycles. The van der Waals surface area contributed by atoms with E-state index >= 15 is 0 Å². The van der Waals surface area contributed by atoms with Crippen molar-refractivity contribution in [3.8, 4) is 0 Å². The molecule has 0 spiro atoms. The van der Waals surface area contributed by atoms with E-state index in [9.17, 15) is 5.11 Å². The first-order valence-electron chi connectivity index (χ1n) is 6.28. The van der Waals surface area contributed by atoms with Crippen molar-refractivity contribution in [3.63, 3.8) is 0 Å². The Morgan fingerprint density at radius 3 is 2.24 bits per heavy atom. The van der Waals surface area contributed by atoms with Gasteiger partial charge in [-0.15, -0.1) is 0 Å². The molecule has 0 aliphatic rings. The van der Waals surface area contributed by atoms with Gasteiger partial charge in [0.2, 0.25) is 0 Å². The fraction of sp³-hybridized carbons (Fsp3) is 0.600. The molecule has 0 aromatic heterocycles. The first-order valence-corrected chi connectivity index (χ1v) is 6.28. The molecule has 1 rings (SSSR count). The van der Waals surface area contributed by atoms with Gasteiger partial charge in [0.15, 0.2) is 0 Å². The number of ether oxygens (including phenoxy) is 1. The van der Waals surface area contributed by atoms with E-state index in [1.165, 1.54) is 5.56 Å². The maximum atomic E-state index is 10.2. The Bertz CT molecular complexity index is 340. The van der Waals surface area contributed by atoms with Crippen LogP contribution in [-0.2, 0) is 4.74 Å². The molecule has 2 atom stereocenters. The second kappa shape index (κ2) is 5.65. The molecule has 0 amide bonds. The molecule has 0 saturated carbocycles. The highest BCUT2D eigenvalue weighted by atomic mass is 16.5. The monoisotopic (exact) mass is 236 g/mol. The van der Waals surface area contributed by atoms with Gasteiger partial charge < -0.3 is 9.84 Å². The predicted molar refractivity (Wildman–Crippen MR) is 71.1 cm³/mol. The van der Waals surface area contributed by atoms with Gasteiger partial charge in [-0.1, -0.05) is 36.8 Å². The van der Waals surface area contributed by atoms with Gasteiger partial charge in [-0.25, -0.2) is 0 Å². The molecule has 1 aromatic rings. The average molecular weight is 236 g/mol. The van der Waals surface area contributed by atoms with E-state index in [0.717, 1.165) is 12.0 Å². The van der Waals surface area contributed by atoms with Gasteiger partial charge in [-0.05, 0) is 39.7 Å². The van der Waals surface area contributed by atoms with Gasteiger partial charge in [0.25, 0.3) is 0 Å². The maximum absolute atomic E-state index is 10.2. The van der Waals surface area contributed by atoms with Crippen molar-refractivity contribution in [1.82, 2.24) is 0 Å². The molecule has 1 N–H and O–H groups in total. The van der Waals surface area contributed by atoms with Crippen LogP contribution in [0.5, 0.6) is 0 Å². The van der Waals surface area contributed by atoms with E-state index in [1.54, 1.807) is 0 Å². The van der Waals surface area contributed by atoms with Crippen LogP contribution in [0.15, 0.2) is 24.3 Å². The minimum Gasteiger partial charge on any atom is -0.386 e. The van der Waals surface area contributed by atoms with Crippen molar-refractivity contribution < 1.29 is 9.84 Å². The van der Waals surface area contributed by atoms with Gasteiger partial charge in [0, 0.05) is 0 Å².